The van der Waals surface area contributed by atoms with Crippen LogP contribution in [0.25, 0.3) is 22.6 Å². The summed E-state index contributed by atoms with van der Waals surface area (Å²) in [6, 6.07) is 27.7. The van der Waals surface area contributed by atoms with Crippen LogP contribution < -0.4 is 4.74 Å². The first-order chi connectivity index (χ1) is 16.0. The summed E-state index contributed by atoms with van der Waals surface area (Å²) in [6.07, 6.45) is 0.699. The maximum Gasteiger partial charge on any atom is 0.341 e. The molecule has 0 saturated carbocycles. The van der Waals surface area contributed by atoms with Crippen LogP contribution in [0.1, 0.15) is 31.2 Å². The third kappa shape index (κ3) is 5.50. The Labute approximate surface area is 193 Å². The molecule has 0 aliphatic rings. The lowest BCUT2D eigenvalue weighted by Crippen LogP contribution is -2.12. The van der Waals surface area contributed by atoms with Crippen molar-refractivity contribution in [2.45, 2.75) is 26.2 Å². The third-order valence-corrected chi connectivity index (χ3v) is 5.57. The molecule has 0 radical (unpaired) electrons. The highest BCUT2D eigenvalue weighted by Crippen LogP contribution is 2.37. The summed E-state index contributed by atoms with van der Waals surface area (Å²) in [6.45, 7) is 3.95. The number of aromatic nitrogens is 1. The zero-order valence-corrected chi connectivity index (χ0v) is 18.8. The highest BCUT2D eigenvalue weighted by atomic mass is 16.5. The molecule has 0 aliphatic carbocycles. The lowest BCUT2D eigenvalue weighted by Gasteiger charge is -2.18. The van der Waals surface area contributed by atoms with Crippen LogP contribution in [-0.4, -0.2) is 22.7 Å². The van der Waals surface area contributed by atoms with E-state index in [0.29, 0.717) is 18.1 Å². The Bertz CT molecular complexity index is 1140. The monoisotopic (exact) mass is 441 g/mol. The zero-order chi connectivity index (χ0) is 23.2. The zero-order valence-electron chi connectivity index (χ0n) is 18.8. The minimum atomic E-state index is -0.998. The van der Waals surface area contributed by atoms with Gasteiger partial charge in [-0.05, 0) is 30.0 Å². The number of carboxylic acid groups (broad SMARTS) is 1. The van der Waals surface area contributed by atoms with Gasteiger partial charge in [-0.25, -0.2) is 9.78 Å². The smallest absolute Gasteiger partial charge is 0.341 e. The molecule has 0 amide bonds. The predicted molar refractivity (Wildman–Crippen MR) is 128 cm³/mol. The van der Waals surface area contributed by atoms with Gasteiger partial charge in [0, 0.05) is 17.0 Å². The number of nitrogens with zero attached hydrogens (tertiary/aromatic N) is 1. The Morgan fingerprint density at radius 2 is 1.61 bits per heavy atom. The van der Waals surface area contributed by atoms with E-state index in [4.69, 9.17) is 19.2 Å². The van der Waals surface area contributed by atoms with E-state index >= 15 is 0 Å². The SMILES string of the molecule is CC(C)C(Cc1cccc(OCC(=O)O)c1)c1nc(-c2ccccc2)c(-c2ccccc2)o1. The number of aliphatic carboxylic acids is 1. The van der Waals surface area contributed by atoms with Crippen LogP contribution in [0.15, 0.2) is 89.3 Å². The average molecular weight is 442 g/mol. The second-order valence-corrected chi connectivity index (χ2v) is 8.35. The standard InChI is InChI=1S/C28H27NO4/c1-19(2)24(17-20-10-9-15-23(16-20)32-18-25(30)31)28-29-26(21-11-5-3-6-12-21)27(33-28)22-13-7-4-8-14-22/h3-16,19,24H,17-18H2,1-2H3,(H,30,31). The molecule has 1 N–H and O–H groups in total. The van der Waals surface area contributed by atoms with Crippen molar-refractivity contribution < 1.29 is 19.1 Å². The molecule has 0 fully saturated rings. The van der Waals surface area contributed by atoms with E-state index in [9.17, 15) is 4.79 Å². The summed E-state index contributed by atoms with van der Waals surface area (Å²) < 4.78 is 11.8. The van der Waals surface area contributed by atoms with Gasteiger partial charge in [0.25, 0.3) is 0 Å². The number of benzene rings is 3. The van der Waals surface area contributed by atoms with Crippen molar-refractivity contribution in [3.63, 3.8) is 0 Å². The van der Waals surface area contributed by atoms with Crippen molar-refractivity contribution in [1.29, 1.82) is 0 Å². The second kappa shape index (κ2) is 10.2. The van der Waals surface area contributed by atoms with Gasteiger partial charge in [0.1, 0.15) is 11.4 Å². The first-order valence-electron chi connectivity index (χ1n) is 11.1. The molecule has 1 aromatic heterocycles. The van der Waals surface area contributed by atoms with E-state index < -0.39 is 5.97 Å². The first-order valence-corrected chi connectivity index (χ1v) is 11.1. The van der Waals surface area contributed by atoms with Gasteiger partial charge in [-0.2, -0.15) is 0 Å². The molecule has 0 spiro atoms. The molecular weight excluding hydrogens is 414 g/mol. The summed E-state index contributed by atoms with van der Waals surface area (Å²) in [5.74, 6) is 1.32. The molecular formula is C28H27NO4. The highest BCUT2D eigenvalue weighted by Gasteiger charge is 2.26. The maximum absolute atomic E-state index is 10.8. The van der Waals surface area contributed by atoms with E-state index in [2.05, 4.69) is 13.8 Å². The molecule has 5 nitrogen and oxygen atoms in total. The van der Waals surface area contributed by atoms with E-state index in [1.54, 1.807) is 6.07 Å². The summed E-state index contributed by atoms with van der Waals surface area (Å²) >= 11 is 0. The Kier molecular flexibility index (Phi) is 6.89. The number of oxazole rings is 1. The Morgan fingerprint density at radius 1 is 0.939 bits per heavy atom. The molecule has 4 rings (SSSR count). The van der Waals surface area contributed by atoms with Crippen LogP contribution in [0, 0.1) is 5.92 Å². The summed E-state index contributed by atoms with van der Waals surface area (Å²) in [4.78, 5) is 15.8. The molecule has 1 atom stereocenters. The van der Waals surface area contributed by atoms with Crippen LogP contribution in [-0.2, 0) is 11.2 Å². The first kappa shape index (κ1) is 22.3. The number of hydrogen-bond acceptors (Lipinski definition) is 4. The van der Waals surface area contributed by atoms with Crippen LogP contribution in [0.4, 0.5) is 0 Å². The molecule has 1 unspecified atom stereocenters. The fourth-order valence-corrected chi connectivity index (χ4v) is 3.84. The van der Waals surface area contributed by atoms with Crippen LogP contribution in [0.5, 0.6) is 5.75 Å². The predicted octanol–water partition coefficient (Wildman–Crippen LogP) is 6.45. The molecule has 168 valence electrons. The molecule has 33 heavy (non-hydrogen) atoms. The van der Waals surface area contributed by atoms with Gasteiger partial charge in [-0.15, -0.1) is 0 Å². The molecule has 0 saturated heterocycles. The van der Waals surface area contributed by atoms with Crippen molar-refractivity contribution in [3.05, 3.63) is 96.4 Å². The summed E-state index contributed by atoms with van der Waals surface area (Å²) in [5.41, 5.74) is 3.87. The molecule has 5 heteroatoms. The van der Waals surface area contributed by atoms with E-state index in [1.807, 2.05) is 78.9 Å². The number of carbonyl (C=O) groups is 1. The van der Waals surface area contributed by atoms with Crippen molar-refractivity contribution in [2.24, 2.45) is 5.92 Å². The molecule has 0 bridgehead atoms. The molecule has 3 aromatic carbocycles. The van der Waals surface area contributed by atoms with E-state index in [1.165, 1.54) is 0 Å². The third-order valence-electron chi connectivity index (χ3n) is 5.57. The van der Waals surface area contributed by atoms with Crippen LogP contribution >= 0.6 is 0 Å². The quantitative estimate of drug-likeness (QED) is 0.323. The van der Waals surface area contributed by atoms with Crippen LogP contribution in [0.3, 0.4) is 0 Å². The Balaban J connectivity index is 1.69. The maximum atomic E-state index is 10.8. The number of ether oxygens (including phenoxy) is 1. The fraction of sp³-hybridized carbons (Fsp3) is 0.214. The van der Waals surface area contributed by atoms with E-state index in [-0.39, 0.29) is 18.4 Å². The minimum Gasteiger partial charge on any atom is -0.482 e. The van der Waals surface area contributed by atoms with Gasteiger partial charge < -0.3 is 14.3 Å². The number of hydrogen-bond donors (Lipinski definition) is 1. The Morgan fingerprint density at radius 3 is 2.24 bits per heavy atom. The summed E-state index contributed by atoms with van der Waals surface area (Å²) in [5, 5.41) is 8.88. The van der Waals surface area contributed by atoms with Gasteiger partial charge in [-0.3, -0.25) is 0 Å². The van der Waals surface area contributed by atoms with Gasteiger partial charge >= 0.3 is 5.97 Å². The number of rotatable bonds is 9. The highest BCUT2D eigenvalue weighted by molar-refractivity contribution is 5.76. The average Bonchev–Trinajstić information content (AvgIpc) is 3.27. The number of carboxylic acids is 1. The van der Waals surface area contributed by atoms with Gasteiger partial charge in [0.15, 0.2) is 18.3 Å². The van der Waals surface area contributed by atoms with Gasteiger partial charge in [0.2, 0.25) is 0 Å². The van der Waals surface area contributed by atoms with Gasteiger partial charge in [-0.1, -0.05) is 86.6 Å². The molecule has 1 heterocycles. The van der Waals surface area contributed by atoms with E-state index in [0.717, 1.165) is 28.1 Å². The van der Waals surface area contributed by atoms with Crippen molar-refractivity contribution in [1.82, 2.24) is 4.98 Å². The molecule has 4 aromatic rings. The fourth-order valence-electron chi connectivity index (χ4n) is 3.84. The second-order valence-electron chi connectivity index (χ2n) is 8.35. The minimum absolute atomic E-state index is 0.0413. The lowest BCUT2D eigenvalue weighted by molar-refractivity contribution is -0.139. The summed E-state index contributed by atoms with van der Waals surface area (Å²) in [7, 11) is 0. The lowest BCUT2D eigenvalue weighted by atomic mass is 9.89. The van der Waals surface area contributed by atoms with Crippen LogP contribution in [0.2, 0.25) is 0 Å². The van der Waals surface area contributed by atoms with Crippen molar-refractivity contribution in [3.8, 4) is 28.3 Å². The molecule has 0 aliphatic heterocycles. The van der Waals surface area contributed by atoms with Gasteiger partial charge in [0.05, 0.1) is 0 Å². The Hall–Kier alpha value is -3.86. The normalized spacial score (nSPS) is 12.0. The van der Waals surface area contributed by atoms with Crippen molar-refractivity contribution in [2.75, 3.05) is 6.61 Å². The largest absolute Gasteiger partial charge is 0.482 e. The topological polar surface area (TPSA) is 72.6 Å². The van der Waals surface area contributed by atoms with Crippen molar-refractivity contribution >= 4 is 5.97 Å².